The van der Waals surface area contributed by atoms with Crippen molar-refractivity contribution in [2.24, 2.45) is 5.73 Å². The van der Waals surface area contributed by atoms with Crippen LogP contribution in [0.2, 0.25) is 0 Å². The Morgan fingerprint density at radius 3 is 2.58 bits per heavy atom. The van der Waals surface area contributed by atoms with Crippen molar-refractivity contribution in [3.8, 4) is 11.5 Å². The first-order chi connectivity index (χ1) is 9.13. The minimum atomic E-state index is 0.0170. The van der Waals surface area contributed by atoms with Gasteiger partial charge in [-0.2, -0.15) is 0 Å². The van der Waals surface area contributed by atoms with Crippen molar-refractivity contribution in [1.82, 2.24) is 0 Å². The summed E-state index contributed by atoms with van der Waals surface area (Å²) in [5.41, 5.74) is 8.85. The van der Waals surface area contributed by atoms with Crippen LogP contribution in [0.3, 0.4) is 0 Å². The topological polar surface area (TPSA) is 44.5 Å². The maximum atomic E-state index is 6.27. The van der Waals surface area contributed by atoms with Gasteiger partial charge in [-0.15, -0.1) is 0 Å². The Labute approximate surface area is 122 Å². The highest BCUT2D eigenvalue weighted by Crippen LogP contribution is 2.45. The molecule has 0 radical (unpaired) electrons. The summed E-state index contributed by atoms with van der Waals surface area (Å²) in [7, 11) is 0. The zero-order valence-corrected chi connectivity index (χ0v) is 12.9. The molecule has 4 heteroatoms. The molecule has 1 aliphatic carbocycles. The molecule has 0 atom stereocenters. The first-order valence-electron chi connectivity index (χ1n) is 7.02. The molecule has 104 valence electrons. The summed E-state index contributed by atoms with van der Waals surface area (Å²) >= 11 is 3.61. The standard InChI is InChI=1S/C15H20BrNO2/c1-2-11-10(9-15(17)4-5-15)8-12(16)14-13(11)18-6-3-7-19-14/h8H,2-7,9,17H2,1H3. The highest BCUT2D eigenvalue weighted by Gasteiger charge is 2.39. The van der Waals surface area contributed by atoms with E-state index in [1.165, 1.54) is 11.1 Å². The van der Waals surface area contributed by atoms with Crippen LogP contribution in [0.25, 0.3) is 0 Å². The van der Waals surface area contributed by atoms with Crippen molar-refractivity contribution in [1.29, 1.82) is 0 Å². The zero-order chi connectivity index (χ0) is 13.5. The summed E-state index contributed by atoms with van der Waals surface area (Å²) in [6.45, 7) is 3.61. The van der Waals surface area contributed by atoms with Gasteiger partial charge in [-0.05, 0) is 53.2 Å². The van der Waals surface area contributed by atoms with Gasteiger partial charge in [0.15, 0.2) is 11.5 Å². The van der Waals surface area contributed by atoms with Crippen LogP contribution in [0.1, 0.15) is 37.3 Å². The molecule has 1 aliphatic heterocycles. The number of fused-ring (bicyclic) bond motifs is 1. The molecule has 1 aromatic rings. The molecule has 0 amide bonds. The van der Waals surface area contributed by atoms with E-state index in [9.17, 15) is 0 Å². The average molecular weight is 326 g/mol. The van der Waals surface area contributed by atoms with Gasteiger partial charge in [-0.1, -0.05) is 6.92 Å². The second-order valence-corrected chi connectivity index (χ2v) is 6.45. The van der Waals surface area contributed by atoms with Crippen molar-refractivity contribution >= 4 is 15.9 Å². The van der Waals surface area contributed by atoms with Gasteiger partial charge in [0, 0.05) is 17.5 Å². The first-order valence-corrected chi connectivity index (χ1v) is 7.81. The van der Waals surface area contributed by atoms with Gasteiger partial charge in [0.05, 0.1) is 17.7 Å². The Kier molecular flexibility index (Phi) is 3.48. The highest BCUT2D eigenvalue weighted by atomic mass is 79.9. The van der Waals surface area contributed by atoms with Crippen LogP contribution in [-0.4, -0.2) is 18.8 Å². The second-order valence-electron chi connectivity index (χ2n) is 5.60. The fraction of sp³-hybridized carbons (Fsp3) is 0.600. The lowest BCUT2D eigenvalue weighted by Gasteiger charge is -2.19. The van der Waals surface area contributed by atoms with E-state index in [1.807, 2.05) is 0 Å². The quantitative estimate of drug-likeness (QED) is 0.928. The third kappa shape index (κ3) is 2.61. The predicted octanol–water partition coefficient (Wildman–Crippen LogP) is 3.21. The van der Waals surface area contributed by atoms with E-state index in [-0.39, 0.29) is 5.54 Å². The van der Waals surface area contributed by atoms with Gasteiger partial charge in [0.2, 0.25) is 0 Å². The summed E-state index contributed by atoms with van der Waals surface area (Å²) in [5, 5.41) is 0. The van der Waals surface area contributed by atoms with Crippen molar-refractivity contribution in [2.45, 2.75) is 44.6 Å². The Morgan fingerprint density at radius 1 is 1.26 bits per heavy atom. The van der Waals surface area contributed by atoms with Gasteiger partial charge in [-0.25, -0.2) is 0 Å². The molecule has 0 spiro atoms. The van der Waals surface area contributed by atoms with Crippen LogP contribution in [0.4, 0.5) is 0 Å². The molecule has 3 nitrogen and oxygen atoms in total. The summed E-state index contributed by atoms with van der Waals surface area (Å²) in [5.74, 6) is 1.79. The highest BCUT2D eigenvalue weighted by molar-refractivity contribution is 9.10. The second kappa shape index (κ2) is 4.98. The number of hydrogen-bond donors (Lipinski definition) is 1. The number of rotatable bonds is 3. The SMILES string of the molecule is CCc1c(CC2(N)CC2)cc(Br)c2c1OCCCO2. The Morgan fingerprint density at radius 2 is 1.95 bits per heavy atom. The molecular weight excluding hydrogens is 306 g/mol. The lowest BCUT2D eigenvalue weighted by Crippen LogP contribution is -2.25. The Balaban J connectivity index is 2.04. The lowest BCUT2D eigenvalue weighted by molar-refractivity contribution is 0.295. The molecule has 1 aromatic carbocycles. The molecule has 0 saturated heterocycles. The number of hydrogen-bond acceptors (Lipinski definition) is 3. The molecule has 0 aromatic heterocycles. The minimum Gasteiger partial charge on any atom is -0.489 e. The van der Waals surface area contributed by atoms with E-state index in [2.05, 4.69) is 28.9 Å². The molecule has 0 bridgehead atoms. The lowest BCUT2D eigenvalue weighted by atomic mass is 9.96. The minimum absolute atomic E-state index is 0.0170. The van der Waals surface area contributed by atoms with Crippen LogP contribution in [0.5, 0.6) is 11.5 Å². The largest absolute Gasteiger partial charge is 0.489 e. The maximum absolute atomic E-state index is 6.27. The van der Waals surface area contributed by atoms with Crippen molar-refractivity contribution in [3.63, 3.8) is 0 Å². The van der Waals surface area contributed by atoms with Crippen LogP contribution < -0.4 is 15.2 Å². The summed E-state index contributed by atoms with van der Waals surface area (Å²) in [4.78, 5) is 0. The smallest absolute Gasteiger partial charge is 0.175 e. The summed E-state index contributed by atoms with van der Waals surface area (Å²) in [6, 6.07) is 2.17. The molecule has 19 heavy (non-hydrogen) atoms. The van der Waals surface area contributed by atoms with Gasteiger partial charge in [0.1, 0.15) is 0 Å². The van der Waals surface area contributed by atoms with Crippen LogP contribution in [0, 0.1) is 0 Å². The van der Waals surface area contributed by atoms with Crippen molar-refractivity contribution in [3.05, 3.63) is 21.7 Å². The van der Waals surface area contributed by atoms with Crippen LogP contribution >= 0.6 is 15.9 Å². The molecule has 2 N–H and O–H groups in total. The molecule has 1 saturated carbocycles. The number of ether oxygens (including phenoxy) is 2. The van der Waals surface area contributed by atoms with Gasteiger partial charge in [-0.3, -0.25) is 0 Å². The predicted molar refractivity (Wildman–Crippen MR) is 79.0 cm³/mol. The maximum Gasteiger partial charge on any atom is 0.175 e. The summed E-state index contributed by atoms with van der Waals surface area (Å²) in [6.07, 6.45) is 5.07. The monoisotopic (exact) mass is 325 g/mol. The molecule has 2 aliphatic rings. The van der Waals surface area contributed by atoms with E-state index in [4.69, 9.17) is 15.2 Å². The van der Waals surface area contributed by atoms with E-state index >= 15 is 0 Å². The Bertz CT molecular complexity index is 497. The Hall–Kier alpha value is -0.740. The third-order valence-corrected chi connectivity index (χ3v) is 4.54. The molecule has 3 rings (SSSR count). The third-order valence-electron chi connectivity index (χ3n) is 3.96. The number of halogens is 1. The van der Waals surface area contributed by atoms with Gasteiger partial charge >= 0.3 is 0 Å². The molecule has 1 fully saturated rings. The van der Waals surface area contributed by atoms with E-state index in [1.54, 1.807) is 0 Å². The fourth-order valence-corrected chi connectivity index (χ4v) is 3.22. The average Bonchev–Trinajstić information content (AvgIpc) is 3.13. The summed E-state index contributed by atoms with van der Waals surface area (Å²) < 4.78 is 12.7. The van der Waals surface area contributed by atoms with E-state index < -0.39 is 0 Å². The van der Waals surface area contributed by atoms with Crippen molar-refractivity contribution < 1.29 is 9.47 Å². The van der Waals surface area contributed by atoms with E-state index in [0.29, 0.717) is 0 Å². The fourth-order valence-electron chi connectivity index (χ4n) is 2.65. The molecule has 0 unspecified atom stereocenters. The van der Waals surface area contributed by atoms with Crippen LogP contribution in [-0.2, 0) is 12.8 Å². The van der Waals surface area contributed by atoms with Gasteiger partial charge in [0.25, 0.3) is 0 Å². The first kappa shape index (κ1) is 13.3. The van der Waals surface area contributed by atoms with Crippen LogP contribution in [0.15, 0.2) is 10.5 Å². The number of benzene rings is 1. The van der Waals surface area contributed by atoms with E-state index in [0.717, 1.165) is 61.3 Å². The molecule has 1 heterocycles. The normalized spacial score (nSPS) is 19.9. The van der Waals surface area contributed by atoms with Gasteiger partial charge < -0.3 is 15.2 Å². The zero-order valence-electron chi connectivity index (χ0n) is 11.3. The van der Waals surface area contributed by atoms with Crippen molar-refractivity contribution in [2.75, 3.05) is 13.2 Å². The number of nitrogens with two attached hydrogens (primary N) is 1. The molecular formula is C15H20BrNO2.